The first-order chi connectivity index (χ1) is 43.8. The molecule has 2 atom stereocenters. The van der Waals surface area contributed by atoms with Crippen LogP contribution in [0.25, 0.3) is 0 Å². The second kappa shape index (κ2) is 37.3. The molecule has 0 unspecified atom stereocenters. The standard InChI is InChI=1S/C69H95N5O16S/c1-7-9-39-73-58-27-16-15-26-55(58)68(3,4)60(73)34-30-51-22-20-23-52(65(51)89-53-24-12-10-13-25-53)31-35-61-69(5,6)56-49-54(91(81,82)83)32-33-59(56)74(61)40-19-11-14-28-62(76)71-38-42-85-44-46-87-48-47-86-45-43-84-41-36-63(77)70-37-18-17-29-64(88-50-75)90-67(80)72-57(21-8-2)66(78)79/h10,12-13,15-16,24-27,30-35,49-50,57,64H,7-9,11,14,17-23,28-29,36-48H2,1-6H3,(H4-,70,71,72,76,77,78,79,80,81,82,83)/p+1/t57-,64-/m0/s1. The Morgan fingerprint density at radius 1 is 0.703 bits per heavy atom. The molecule has 2 heterocycles. The van der Waals surface area contributed by atoms with Crippen LogP contribution in [0.5, 0.6) is 5.75 Å². The number of aliphatic carboxylic acids is 1. The quantitative estimate of drug-likeness (QED) is 0.0116. The summed E-state index contributed by atoms with van der Waals surface area (Å²) in [6, 6.07) is 22.3. The summed E-state index contributed by atoms with van der Waals surface area (Å²) in [6.45, 7) is 17.8. The van der Waals surface area contributed by atoms with Gasteiger partial charge in [-0.25, -0.2) is 9.59 Å². The van der Waals surface area contributed by atoms with E-state index in [4.69, 9.17) is 33.2 Å². The molecule has 3 aromatic rings. The monoisotopic (exact) mass is 1280 g/mol. The molecule has 21 nitrogen and oxygen atoms in total. The maximum Gasteiger partial charge on any atom is 0.410 e. The molecule has 0 saturated carbocycles. The first-order valence-corrected chi connectivity index (χ1v) is 33.6. The highest BCUT2D eigenvalue weighted by Crippen LogP contribution is 2.49. The Balaban J connectivity index is 0.891. The number of para-hydroxylation sites is 2. The van der Waals surface area contributed by atoms with Crippen molar-refractivity contribution >= 4 is 57.6 Å². The number of alkyl carbamates (subject to hydrolysis) is 1. The maximum absolute atomic E-state index is 12.8. The van der Waals surface area contributed by atoms with Gasteiger partial charge in [-0.15, -0.1) is 0 Å². The lowest BCUT2D eigenvalue weighted by Crippen LogP contribution is -2.42. The van der Waals surface area contributed by atoms with Crippen molar-refractivity contribution < 1.29 is 79.8 Å². The predicted octanol–water partition coefficient (Wildman–Crippen LogP) is 10.7. The number of carbonyl (C=O) groups excluding carboxylic acids is 4. The van der Waals surface area contributed by atoms with Crippen LogP contribution in [0.2, 0.25) is 0 Å². The number of allylic oxidation sites excluding steroid dienone is 7. The van der Waals surface area contributed by atoms with Gasteiger partial charge in [0.05, 0.1) is 63.2 Å². The molecule has 0 aromatic heterocycles. The molecule has 3 aromatic carbocycles. The topological polar surface area (TPSA) is 267 Å². The molecule has 3 amide bonds. The zero-order chi connectivity index (χ0) is 65.7. The van der Waals surface area contributed by atoms with E-state index in [9.17, 15) is 42.0 Å². The highest BCUT2D eigenvalue weighted by molar-refractivity contribution is 7.85. The van der Waals surface area contributed by atoms with E-state index in [-0.39, 0.29) is 54.5 Å². The van der Waals surface area contributed by atoms with Crippen LogP contribution in [0, 0.1) is 0 Å². The van der Waals surface area contributed by atoms with Crippen LogP contribution >= 0.6 is 0 Å². The van der Waals surface area contributed by atoms with Gasteiger partial charge in [-0.3, -0.25) is 18.9 Å². The number of hydrogen-bond donors (Lipinski definition) is 5. The molecule has 0 radical (unpaired) electrons. The lowest BCUT2D eigenvalue weighted by Gasteiger charge is -2.27. The van der Waals surface area contributed by atoms with Crippen molar-refractivity contribution in [1.82, 2.24) is 16.0 Å². The Morgan fingerprint density at radius 2 is 1.38 bits per heavy atom. The van der Waals surface area contributed by atoms with Gasteiger partial charge in [0, 0.05) is 79.8 Å². The van der Waals surface area contributed by atoms with Gasteiger partial charge in [0.25, 0.3) is 16.6 Å². The molecule has 5 N–H and O–H groups in total. The number of rotatable bonds is 42. The van der Waals surface area contributed by atoms with Crippen LogP contribution in [0.4, 0.5) is 16.2 Å². The maximum atomic E-state index is 12.8. The Bertz CT molecular complexity index is 3160. The number of hydrogen-bond acceptors (Lipinski definition) is 15. The van der Waals surface area contributed by atoms with Gasteiger partial charge in [0.15, 0.2) is 5.71 Å². The van der Waals surface area contributed by atoms with Crippen LogP contribution in [0.3, 0.4) is 0 Å². The summed E-state index contributed by atoms with van der Waals surface area (Å²) in [6.07, 6.45) is 16.1. The van der Waals surface area contributed by atoms with Crippen molar-refractivity contribution in [3.8, 4) is 5.75 Å². The SMILES string of the molecule is CCCC[N+]1=C(C=CC2=C(Oc3ccccc3)C(=CC=C3N(CCCCCC(=O)NCCOCCOCCOCCOCCC(=O)NCCCC[C@@H](OC=O)OC(=O)N[C@@H](CCC)C(=O)O)c4ccc(S(=O)(=O)O)cc4C3(C)C)CCC2)C(C)(C)c2ccccc21. The third-order valence-corrected chi connectivity index (χ3v) is 17.1. The summed E-state index contributed by atoms with van der Waals surface area (Å²) in [4.78, 5) is 61.3. The van der Waals surface area contributed by atoms with E-state index in [0.29, 0.717) is 98.0 Å². The van der Waals surface area contributed by atoms with Crippen LogP contribution in [-0.4, -0.2) is 150 Å². The molecule has 0 saturated heterocycles. The number of carbonyl (C=O) groups is 5. The van der Waals surface area contributed by atoms with Crippen molar-refractivity contribution in [2.24, 2.45) is 0 Å². The summed E-state index contributed by atoms with van der Waals surface area (Å²) < 4.78 is 76.4. The number of benzene rings is 3. The molecule has 1 aliphatic carbocycles. The van der Waals surface area contributed by atoms with E-state index in [0.717, 1.165) is 91.1 Å². The number of ether oxygens (including phenoxy) is 7. The van der Waals surface area contributed by atoms with Crippen LogP contribution < -0.4 is 25.6 Å². The van der Waals surface area contributed by atoms with E-state index in [1.54, 1.807) is 19.1 Å². The number of amides is 3. The Kier molecular flexibility index (Phi) is 29.9. The zero-order valence-electron chi connectivity index (χ0n) is 54.0. The third kappa shape index (κ3) is 22.6. The molecule has 6 rings (SSSR count). The summed E-state index contributed by atoms with van der Waals surface area (Å²) in [7, 11) is -4.46. The molecule has 91 heavy (non-hydrogen) atoms. The molecule has 22 heteroatoms. The highest BCUT2D eigenvalue weighted by atomic mass is 32.2. The summed E-state index contributed by atoms with van der Waals surface area (Å²) >= 11 is 0. The minimum absolute atomic E-state index is 0.0596. The fourth-order valence-electron chi connectivity index (χ4n) is 11.4. The second-order valence-electron chi connectivity index (χ2n) is 23.8. The number of fused-ring (bicyclic) bond motifs is 2. The van der Waals surface area contributed by atoms with E-state index >= 15 is 0 Å². The Labute approximate surface area is 537 Å². The van der Waals surface area contributed by atoms with Gasteiger partial charge < -0.3 is 59.1 Å². The minimum Gasteiger partial charge on any atom is -0.480 e. The third-order valence-electron chi connectivity index (χ3n) is 16.3. The first-order valence-electron chi connectivity index (χ1n) is 32.1. The van der Waals surface area contributed by atoms with Crippen molar-refractivity contribution in [2.75, 3.05) is 83.9 Å². The van der Waals surface area contributed by atoms with Crippen molar-refractivity contribution in [3.05, 3.63) is 131 Å². The van der Waals surface area contributed by atoms with E-state index in [1.807, 2.05) is 30.3 Å². The van der Waals surface area contributed by atoms with Gasteiger partial charge in [-0.05, 0) is 124 Å². The lowest BCUT2D eigenvalue weighted by molar-refractivity contribution is -0.438. The number of carboxylic acids is 1. The Hall–Kier alpha value is -7.21. The number of nitrogens with zero attached hydrogens (tertiary/aromatic N) is 2. The highest BCUT2D eigenvalue weighted by Gasteiger charge is 2.44. The average molecular weight is 1280 g/mol. The molecule has 0 spiro atoms. The zero-order valence-corrected chi connectivity index (χ0v) is 54.8. The molecule has 2 aliphatic heterocycles. The fourth-order valence-corrected chi connectivity index (χ4v) is 11.9. The van der Waals surface area contributed by atoms with E-state index in [1.165, 1.54) is 23.0 Å². The van der Waals surface area contributed by atoms with Crippen LogP contribution in [0.1, 0.15) is 149 Å². The normalized spacial score (nSPS) is 16.6. The van der Waals surface area contributed by atoms with Gasteiger partial charge >= 0.3 is 12.1 Å². The fraction of sp³-hybridized carbons (Fsp3) is 0.536. The molecule has 3 aliphatic rings. The van der Waals surface area contributed by atoms with Crippen molar-refractivity contribution in [1.29, 1.82) is 0 Å². The largest absolute Gasteiger partial charge is 0.480 e. The number of anilines is 1. The summed E-state index contributed by atoms with van der Waals surface area (Å²) in [5.41, 5.74) is 7.86. The summed E-state index contributed by atoms with van der Waals surface area (Å²) in [5, 5.41) is 17.2. The molecule has 498 valence electrons. The smallest absolute Gasteiger partial charge is 0.410 e. The molecule has 0 bridgehead atoms. The lowest BCUT2D eigenvalue weighted by atomic mass is 9.81. The number of carboxylic acid groups (broad SMARTS) is 1. The second-order valence-corrected chi connectivity index (χ2v) is 25.2. The number of nitrogens with one attached hydrogen (secondary N) is 3. The predicted molar refractivity (Wildman–Crippen MR) is 347 cm³/mol. The van der Waals surface area contributed by atoms with Crippen molar-refractivity contribution in [2.45, 2.75) is 166 Å². The molecule has 0 fully saturated rings. The molecular formula is C69H96N5O16S+. The first kappa shape index (κ1) is 72.8. The van der Waals surface area contributed by atoms with Gasteiger partial charge in [-0.1, -0.05) is 89.4 Å². The van der Waals surface area contributed by atoms with E-state index in [2.05, 4.69) is 109 Å². The van der Waals surface area contributed by atoms with Gasteiger partial charge in [0.1, 0.15) is 24.1 Å². The summed E-state index contributed by atoms with van der Waals surface area (Å²) in [5.74, 6) is 0.125. The van der Waals surface area contributed by atoms with Gasteiger partial charge in [-0.2, -0.15) is 13.0 Å². The average Bonchev–Trinajstić information content (AvgIpc) is 1.61. The van der Waals surface area contributed by atoms with Crippen molar-refractivity contribution in [3.63, 3.8) is 0 Å². The Morgan fingerprint density at radius 3 is 2.08 bits per heavy atom. The van der Waals surface area contributed by atoms with Crippen LogP contribution in [-0.2, 0) is 68.5 Å². The minimum atomic E-state index is -4.46. The van der Waals surface area contributed by atoms with Gasteiger partial charge in [0.2, 0.25) is 23.8 Å². The van der Waals surface area contributed by atoms with E-state index < -0.39 is 39.9 Å². The molecular weight excluding hydrogens is 1190 g/mol. The van der Waals surface area contributed by atoms with Crippen LogP contribution in [0.15, 0.2) is 125 Å². The number of unbranched alkanes of at least 4 members (excludes halogenated alkanes) is 4.